The first kappa shape index (κ1) is 27.7. The minimum atomic E-state index is -4.96. The molecule has 0 aliphatic carbocycles. The van der Waals surface area contributed by atoms with Crippen molar-refractivity contribution >= 4 is 27.7 Å². The first-order valence-electron chi connectivity index (χ1n) is 11.1. The van der Waals surface area contributed by atoms with Crippen molar-refractivity contribution in [2.45, 2.75) is 29.6 Å². The van der Waals surface area contributed by atoms with E-state index in [2.05, 4.69) is 9.46 Å². The molecule has 1 fully saturated rings. The number of nitrogens with one attached hydrogen (secondary N) is 1. The van der Waals surface area contributed by atoms with Gasteiger partial charge in [-0.15, -0.1) is 13.2 Å². The highest BCUT2D eigenvalue weighted by molar-refractivity contribution is 7.89. The maximum absolute atomic E-state index is 15.7. The first-order valence-corrected chi connectivity index (χ1v) is 13.0. The molecule has 3 aromatic carbocycles. The maximum Gasteiger partial charge on any atom is 0.573 e. The van der Waals surface area contributed by atoms with E-state index in [4.69, 9.17) is 16.3 Å². The Morgan fingerprint density at radius 3 is 2.26 bits per heavy atom. The van der Waals surface area contributed by atoms with Crippen LogP contribution in [0.5, 0.6) is 5.75 Å². The van der Waals surface area contributed by atoms with Crippen LogP contribution in [0.1, 0.15) is 11.1 Å². The largest absolute Gasteiger partial charge is 0.573 e. The van der Waals surface area contributed by atoms with Crippen molar-refractivity contribution in [2.24, 2.45) is 0 Å². The predicted octanol–water partition coefficient (Wildman–Crippen LogP) is 5.40. The van der Waals surface area contributed by atoms with E-state index in [0.717, 1.165) is 29.2 Å². The van der Waals surface area contributed by atoms with Gasteiger partial charge in [0.2, 0.25) is 10.0 Å². The monoisotopic (exact) mass is 572 g/mol. The predicted molar refractivity (Wildman–Crippen MR) is 130 cm³/mol. The molecule has 1 heterocycles. The zero-order valence-corrected chi connectivity index (χ0v) is 21.1. The van der Waals surface area contributed by atoms with E-state index in [1.165, 1.54) is 24.3 Å². The van der Waals surface area contributed by atoms with Crippen LogP contribution in [0.2, 0.25) is 5.02 Å². The molecule has 0 radical (unpaired) electrons. The zero-order chi connectivity index (χ0) is 27.6. The van der Waals surface area contributed by atoms with Crippen LogP contribution in [0.3, 0.4) is 0 Å². The Labute approximate surface area is 221 Å². The summed E-state index contributed by atoms with van der Waals surface area (Å²) in [6.07, 6.45) is -7.71. The number of ether oxygens (including phenoxy) is 2. The van der Waals surface area contributed by atoms with E-state index in [-0.39, 0.29) is 12.2 Å². The molecule has 1 aliphatic heterocycles. The summed E-state index contributed by atoms with van der Waals surface area (Å²) < 4.78 is 91.1. The highest BCUT2D eigenvalue weighted by atomic mass is 35.5. The third kappa shape index (κ3) is 6.37. The minimum absolute atomic E-state index is 0.0703. The molecule has 38 heavy (non-hydrogen) atoms. The van der Waals surface area contributed by atoms with Crippen LogP contribution in [-0.4, -0.2) is 45.0 Å². The lowest BCUT2D eigenvalue weighted by Gasteiger charge is -2.32. The number of hydrogen-bond acceptors (Lipinski definition) is 5. The lowest BCUT2D eigenvalue weighted by Crippen LogP contribution is -2.52. The number of likely N-dealkylation sites (tertiary alicyclic amines) is 1. The van der Waals surface area contributed by atoms with Crippen LogP contribution in [0.25, 0.3) is 0 Å². The number of benzene rings is 3. The van der Waals surface area contributed by atoms with Crippen LogP contribution in [-0.2, 0) is 26.9 Å². The second-order valence-corrected chi connectivity index (χ2v) is 10.6. The molecule has 4 rings (SSSR count). The molecule has 2 atom stereocenters. The molecule has 1 N–H and O–H groups in total. The lowest BCUT2D eigenvalue weighted by molar-refractivity contribution is -0.274. The van der Waals surface area contributed by atoms with Gasteiger partial charge in [0.1, 0.15) is 24.1 Å². The minimum Gasteiger partial charge on any atom is -0.445 e. The first-order chi connectivity index (χ1) is 17.9. The number of sulfonamides is 1. The molecule has 202 valence electrons. The number of rotatable bonds is 7. The third-order valence-electron chi connectivity index (χ3n) is 5.86. The average molecular weight is 573 g/mol. The van der Waals surface area contributed by atoms with E-state index in [1.807, 2.05) is 0 Å². The number of amides is 1. The van der Waals surface area contributed by atoms with Gasteiger partial charge in [-0.1, -0.05) is 54.1 Å². The fraction of sp³-hybridized carbons (Fsp3) is 0.240. The summed E-state index contributed by atoms with van der Waals surface area (Å²) in [5.41, 5.74) is -1.04. The van der Waals surface area contributed by atoms with E-state index >= 15 is 4.39 Å². The second kappa shape index (κ2) is 10.8. The lowest BCUT2D eigenvalue weighted by atomic mass is 9.89. The molecule has 1 amide bonds. The van der Waals surface area contributed by atoms with Crippen molar-refractivity contribution in [3.8, 4) is 5.75 Å². The van der Waals surface area contributed by atoms with Gasteiger partial charge in [-0.3, -0.25) is 0 Å². The molecular formula is C25H21ClF4N2O5S. The number of nitrogens with zero attached hydrogens (tertiary/aromatic N) is 1. The highest BCUT2D eigenvalue weighted by Gasteiger charge is 2.53. The topological polar surface area (TPSA) is 84.9 Å². The van der Waals surface area contributed by atoms with Crippen LogP contribution >= 0.6 is 11.6 Å². The van der Waals surface area contributed by atoms with Crippen molar-refractivity contribution in [3.05, 3.63) is 95.0 Å². The molecule has 0 aromatic heterocycles. The number of carbonyl (C=O) groups excluding carboxylic acids is 1. The van der Waals surface area contributed by atoms with E-state index in [0.29, 0.717) is 10.6 Å². The normalized spacial score (nSPS) is 19.8. The van der Waals surface area contributed by atoms with Crippen molar-refractivity contribution < 1.29 is 40.2 Å². The van der Waals surface area contributed by atoms with Crippen molar-refractivity contribution in [1.29, 1.82) is 0 Å². The molecule has 3 aromatic rings. The average Bonchev–Trinajstić information content (AvgIpc) is 3.19. The van der Waals surface area contributed by atoms with E-state index in [1.54, 1.807) is 30.3 Å². The summed E-state index contributed by atoms with van der Waals surface area (Å²) in [4.78, 5) is 13.4. The van der Waals surface area contributed by atoms with Crippen molar-refractivity contribution in [1.82, 2.24) is 9.62 Å². The third-order valence-corrected chi connectivity index (χ3v) is 7.64. The van der Waals surface area contributed by atoms with Gasteiger partial charge >= 0.3 is 12.5 Å². The van der Waals surface area contributed by atoms with Gasteiger partial charge in [0.15, 0.2) is 0 Å². The molecule has 2 unspecified atom stereocenters. The zero-order valence-electron chi connectivity index (χ0n) is 19.5. The summed E-state index contributed by atoms with van der Waals surface area (Å²) >= 11 is 5.96. The molecular weight excluding hydrogens is 552 g/mol. The number of alkyl halides is 4. The highest BCUT2D eigenvalue weighted by Crippen LogP contribution is 2.37. The Morgan fingerprint density at radius 2 is 1.66 bits per heavy atom. The van der Waals surface area contributed by atoms with Crippen LogP contribution in [0.4, 0.5) is 22.4 Å². The summed E-state index contributed by atoms with van der Waals surface area (Å²) in [6.45, 7) is -0.964. The van der Waals surface area contributed by atoms with Gasteiger partial charge in [0.25, 0.3) is 0 Å². The van der Waals surface area contributed by atoms with Gasteiger partial charge in [-0.2, -0.15) is 4.72 Å². The van der Waals surface area contributed by atoms with Gasteiger partial charge in [0.05, 0.1) is 18.0 Å². The molecule has 0 bridgehead atoms. The number of carbonyl (C=O) groups is 1. The van der Waals surface area contributed by atoms with E-state index < -0.39 is 57.9 Å². The Bertz CT molecular complexity index is 1370. The standard InChI is InChI=1S/C25H21ClF4N2O5S/c26-19-8-6-18(7-9-19)24(31-38(34,35)21-12-10-20(11-13-21)37-25(28,29)30)16-32(14-22(24)27)23(33)36-15-17-4-2-1-3-5-17/h1-13,22,31H,14-16H2. The Kier molecular flexibility index (Phi) is 7.86. The summed E-state index contributed by atoms with van der Waals surface area (Å²) in [6, 6.07) is 18.0. The molecule has 1 aliphatic rings. The molecule has 1 saturated heterocycles. The van der Waals surface area contributed by atoms with Crippen LogP contribution in [0, 0.1) is 0 Å². The smallest absolute Gasteiger partial charge is 0.445 e. The van der Waals surface area contributed by atoms with Crippen molar-refractivity contribution in [3.63, 3.8) is 0 Å². The fourth-order valence-electron chi connectivity index (χ4n) is 4.06. The Balaban J connectivity index is 1.60. The van der Waals surface area contributed by atoms with Crippen LogP contribution in [0.15, 0.2) is 83.8 Å². The van der Waals surface area contributed by atoms with Crippen LogP contribution < -0.4 is 9.46 Å². The van der Waals surface area contributed by atoms with Gasteiger partial charge in [-0.25, -0.2) is 17.6 Å². The number of hydrogen-bond donors (Lipinski definition) is 1. The molecule has 7 nitrogen and oxygen atoms in total. The van der Waals surface area contributed by atoms with Crippen molar-refractivity contribution in [2.75, 3.05) is 13.1 Å². The molecule has 0 spiro atoms. The number of halogens is 5. The Morgan fingerprint density at radius 1 is 1.03 bits per heavy atom. The molecule has 0 saturated carbocycles. The Hall–Kier alpha value is -3.35. The van der Waals surface area contributed by atoms with E-state index in [9.17, 15) is 26.4 Å². The quantitative estimate of drug-likeness (QED) is 0.383. The fourth-order valence-corrected chi connectivity index (χ4v) is 5.59. The summed E-state index contributed by atoms with van der Waals surface area (Å²) in [5.74, 6) is -0.625. The second-order valence-electron chi connectivity index (χ2n) is 8.49. The van der Waals surface area contributed by atoms with Gasteiger partial charge < -0.3 is 14.4 Å². The van der Waals surface area contributed by atoms with Gasteiger partial charge in [-0.05, 0) is 47.5 Å². The van der Waals surface area contributed by atoms with Gasteiger partial charge in [0, 0.05) is 5.02 Å². The summed E-state index contributed by atoms with van der Waals surface area (Å²) in [7, 11) is -4.50. The summed E-state index contributed by atoms with van der Waals surface area (Å²) in [5, 5.41) is 0.319. The molecule has 13 heteroatoms. The maximum atomic E-state index is 15.7. The SMILES string of the molecule is O=C(OCc1ccccc1)N1CC(F)C(NS(=O)(=O)c2ccc(OC(F)(F)F)cc2)(c2ccc(Cl)cc2)C1.